The van der Waals surface area contributed by atoms with Crippen molar-refractivity contribution in [2.75, 3.05) is 13.1 Å². The van der Waals surface area contributed by atoms with Crippen LogP contribution in [-0.2, 0) is 0 Å². The van der Waals surface area contributed by atoms with Crippen LogP contribution < -0.4 is 0 Å². The smallest absolute Gasteiger partial charge is 0.0146 e. The second-order valence-electron chi connectivity index (χ2n) is 2.97. The van der Waals surface area contributed by atoms with Gasteiger partial charge in [0.05, 0.1) is 0 Å². The van der Waals surface area contributed by atoms with E-state index in [1.807, 2.05) is 0 Å². The summed E-state index contributed by atoms with van der Waals surface area (Å²) in [6.45, 7) is 13.3. The molecule has 0 aliphatic rings. The lowest BCUT2D eigenvalue weighted by atomic mass is 10.2. The van der Waals surface area contributed by atoms with E-state index in [0.717, 1.165) is 19.5 Å². The number of rotatable bonds is 4. The maximum Gasteiger partial charge on any atom is 0.0146 e. The summed E-state index contributed by atoms with van der Waals surface area (Å²) in [5.74, 6) is 0. The minimum absolute atomic E-state index is 1.13. The summed E-state index contributed by atoms with van der Waals surface area (Å²) in [6.07, 6.45) is 1.16. The molecule has 0 heterocycles. The predicted molar refractivity (Wildman–Crippen MR) is 51.6 cm³/mol. The van der Waals surface area contributed by atoms with E-state index in [0.29, 0.717) is 0 Å². The van der Waals surface area contributed by atoms with E-state index in [1.165, 1.54) is 11.3 Å². The fourth-order valence-electron chi connectivity index (χ4n) is 1.50. The Bertz CT molecular complexity index is 128. The van der Waals surface area contributed by atoms with E-state index in [9.17, 15) is 0 Å². The van der Waals surface area contributed by atoms with Gasteiger partial charge in [0.15, 0.2) is 0 Å². The largest absolute Gasteiger partial charge is 0.375 e. The monoisotopic (exact) mass is 155 g/mol. The normalized spacial score (nSPS) is 9.55. The van der Waals surface area contributed by atoms with E-state index in [1.54, 1.807) is 0 Å². The van der Waals surface area contributed by atoms with Crippen molar-refractivity contribution in [3.8, 4) is 0 Å². The van der Waals surface area contributed by atoms with Crippen LogP contribution in [0.2, 0.25) is 0 Å². The highest BCUT2D eigenvalue weighted by atomic mass is 15.1. The molecule has 0 aliphatic carbocycles. The molecule has 0 saturated heterocycles. The summed E-state index contributed by atoms with van der Waals surface area (Å²) in [5, 5.41) is 0. The van der Waals surface area contributed by atoms with Gasteiger partial charge in [0, 0.05) is 18.8 Å². The summed E-state index contributed by atoms with van der Waals surface area (Å²) < 4.78 is 0. The van der Waals surface area contributed by atoms with Crippen molar-refractivity contribution in [2.45, 2.75) is 41.0 Å². The van der Waals surface area contributed by atoms with Crippen LogP contribution in [0.3, 0.4) is 0 Å². The Hall–Kier alpha value is -0.460. The summed E-state index contributed by atoms with van der Waals surface area (Å²) in [6, 6.07) is 0. The van der Waals surface area contributed by atoms with Crippen LogP contribution in [0, 0.1) is 0 Å². The average Bonchev–Trinajstić information content (AvgIpc) is 1.99. The van der Waals surface area contributed by atoms with Gasteiger partial charge in [0.25, 0.3) is 0 Å². The predicted octanol–water partition coefficient (Wildman–Crippen LogP) is 3.03. The van der Waals surface area contributed by atoms with Gasteiger partial charge < -0.3 is 4.90 Å². The fourth-order valence-corrected chi connectivity index (χ4v) is 1.50. The van der Waals surface area contributed by atoms with Crippen LogP contribution in [0.15, 0.2) is 11.3 Å². The van der Waals surface area contributed by atoms with Gasteiger partial charge in [-0.3, -0.25) is 0 Å². The quantitative estimate of drug-likeness (QED) is 0.603. The highest BCUT2D eigenvalue weighted by Gasteiger charge is 2.03. The molecule has 0 radical (unpaired) electrons. The number of hydrogen-bond donors (Lipinski definition) is 0. The average molecular weight is 155 g/mol. The minimum Gasteiger partial charge on any atom is -0.375 e. The molecule has 66 valence electrons. The van der Waals surface area contributed by atoms with Gasteiger partial charge in [-0.05, 0) is 34.1 Å². The summed E-state index contributed by atoms with van der Waals surface area (Å²) >= 11 is 0. The van der Waals surface area contributed by atoms with Crippen LogP contribution in [0.5, 0.6) is 0 Å². The van der Waals surface area contributed by atoms with Crippen LogP contribution in [0.25, 0.3) is 0 Å². The zero-order chi connectivity index (χ0) is 8.85. The second kappa shape index (κ2) is 5.22. The van der Waals surface area contributed by atoms with Gasteiger partial charge in [-0.15, -0.1) is 0 Å². The third-order valence-electron chi connectivity index (χ3n) is 2.06. The van der Waals surface area contributed by atoms with Gasteiger partial charge in [0.2, 0.25) is 0 Å². The molecule has 0 unspecified atom stereocenters. The number of hydrogen-bond acceptors (Lipinski definition) is 1. The third kappa shape index (κ3) is 2.96. The molecule has 0 fully saturated rings. The van der Waals surface area contributed by atoms with E-state index >= 15 is 0 Å². The molecule has 0 amide bonds. The van der Waals surface area contributed by atoms with Crippen LogP contribution >= 0.6 is 0 Å². The van der Waals surface area contributed by atoms with Gasteiger partial charge in [-0.25, -0.2) is 0 Å². The maximum absolute atomic E-state index is 2.43. The minimum atomic E-state index is 1.13. The van der Waals surface area contributed by atoms with Gasteiger partial charge >= 0.3 is 0 Å². The Kier molecular flexibility index (Phi) is 5.01. The van der Waals surface area contributed by atoms with Crippen molar-refractivity contribution in [2.24, 2.45) is 0 Å². The highest BCUT2D eigenvalue weighted by Crippen LogP contribution is 2.12. The molecule has 0 N–H and O–H groups in total. The Morgan fingerprint density at radius 1 is 1.00 bits per heavy atom. The zero-order valence-electron chi connectivity index (χ0n) is 8.57. The van der Waals surface area contributed by atoms with Gasteiger partial charge in [-0.1, -0.05) is 12.5 Å². The molecule has 0 aromatic carbocycles. The van der Waals surface area contributed by atoms with Crippen molar-refractivity contribution < 1.29 is 0 Å². The molecule has 0 saturated carbocycles. The van der Waals surface area contributed by atoms with Crippen LogP contribution in [0.4, 0.5) is 0 Å². The first-order chi connectivity index (χ1) is 5.17. The first-order valence-electron chi connectivity index (χ1n) is 4.58. The number of nitrogens with zero attached hydrogens (tertiary/aromatic N) is 1. The standard InChI is InChI=1S/C10H21N/c1-6-10(9(4)5)11(7-2)8-3/h6-8H2,1-5H3. The Morgan fingerprint density at radius 2 is 1.45 bits per heavy atom. The Balaban J connectivity index is 4.35. The van der Waals surface area contributed by atoms with Crippen molar-refractivity contribution in [1.29, 1.82) is 0 Å². The molecule has 0 aromatic heterocycles. The molecule has 0 aromatic rings. The lowest BCUT2D eigenvalue weighted by Crippen LogP contribution is -2.22. The molecule has 0 atom stereocenters. The molecule has 1 heteroatoms. The summed E-state index contributed by atoms with van der Waals surface area (Å²) in [7, 11) is 0. The van der Waals surface area contributed by atoms with Gasteiger partial charge in [-0.2, -0.15) is 0 Å². The topological polar surface area (TPSA) is 3.24 Å². The molecular formula is C10H21N. The number of allylic oxidation sites excluding steroid dienone is 2. The first-order valence-corrected chi connectivity index (χ1v) is 4.58. The second-order valence-corrected chi connectivity index (χ2v) is 2.97. The maximum atomic E-state index is 2.43. The van der Waals surface area contributed by atoms with Crippen LogP contribution in [-0.4, -0.2) is 18.0 Å². The summed E-state index contributed by atoms with van der Waals surface area (Å²) in [4.78, 5) is 2.43. The lowest BCUT2D eigenvalue weighted by molar-refractivity contribution is 0.367. The van der Waals surface area contributed by atoms with E-state index in [-0.39, 0.29) is 0 Å². The third-order valence-corrected chi connectivity index (χ3v) is 2.06. The summed E-state index contributed by atoms with van der Waals surface area (Å²) in [5.41, 5.74) is 2.96. The van der Waals surface area contributed by atoms with Crippen molar-refractivity contribution in [1.82, 2.24) is 4.90 Å². The van der Waals surface area contributed by atoms with Crippen molar-refractivity contribution in [3.63, 3.8) is 0 Å². The van der Waals surface area contributed by atoms with Crippen molar-refractivity contribution in [3.05, 3.63) is 11.3 Å². The van der Waals surface area contributed by atoms with E-state index < -0.39 is 0 Å². The van der Waals surface area contributed by atoms with E-state index in [4.69, 9.17) is 0 Å². The molecule has 0 spiro atoms. The first kappa shape index (κ1) is 10.5. The van der Waals surface area contributed by atoms with Gasteiger partial charge in [0.1, 0.15) is 0 Å². The molecule has 1 nitrogen and oxygen atoms in total. The Labute approximate surface area is 71.1 Å². The van der Waals surface area contributed by atoms with Crippen LogP contribution in [0.1, 0.15) is 41.0 Å². The molecular weight excluding hydrogens is 134 g/mol. The molecule has 0 bridgehead atoms. The molecule has 0 rings (SSSR count). The van der Waals surface area contributed by atoms with Crippen molar-refractivity contribution >= 4 is 0 Å². The lowest BCUT2D eigenvalue weighted by Gasteiger charge is -2.25. The molecule has 11 heavy (non-hydrogen) atoms. The highest BCUT2D eigenvalue weighted by molar-refractivity contribution is 5.07. The SMILES string of the molecule is CCC(=C(C)C)N(CC)CC. The molecule has 0 aliphatic heterocycles. The fraction of sp³-hybridized carbons (Fsp3) is 0.800. The van der Waals surface area contributed by atoms with E-state index in [2.05, 4.69) is 39.5 Å². The zero-order valence-corrected chi connectivity index (χ0v) is 8.57. The Morgan fingerprint density at radius 3 is 1.55 bits per heavy atom.